The standard InChI is InChI=1S/C20H31NO3Si/c1-7-25(8-2,9-3)24-16-17(20(4,5)6)21(19(16)23)18(22)15-13-11-10-12-14-15/h10-14,16-17H,7-9H2,1-6H3/t16-,17-/m0/s1. The molecule has 5 heteroatoms. The molecule has 2 amide bonds. The first-order valence-electron chi connectivity index (χ1n) is 9.31. The Morgan fingerprint density at radius 2 is 1.60 bits per heavy atom. The molecule has 25 heavy (non-hydrogen) atoms. The summed E-state index contributed by atoms with van der Waals surface area (Å²) >= 11 is 0. The predicted molar refractivity (Wildman–Crippen MR) is 103 cm³/mol. The Kier molecular flexibility index (Phi) is 5.89. The summed E-state index contributed by atoms with van der Waals surface area (Å²) in [6, 6.07) is 11.8. The highest BCUT2D eigenvalue weighted by Crippen LogP contribution is 2.40. The summed E-state index contributed by atoms with van der Waals surface area (Å²) in [5.74, 6) is -0.400. The van der Waals surface area contributed by atoms with Gasteiger partial charge in [0.25, 0.3) is 11.8 Å². The largest absolute Gasteiger partial charge is 0.403 e. The van der Waals surface area contributed by atoms with Crippen molar-refractivity contribution in [2.45, 2.75) is 71.8 Å². The zero-order valence-corrected chi connectivity index (χ0v) is 17.3. The lowest BCUT2D eigenvalue weighted by Crippen LogP contribution is -2.73. The third-order valence-electron chi connectivity index (χ3n) is 5.48. The average Bonchev–Trinajstić information content (AvgIpc) is 2.60. The van der Waals surface area contributed by atoms with Gasteiger partial charge < -0.3 is 4.43 Å². The summed E-state index contributed by atoms with van der Waals surface area (Å²) < 4.78 is 6.48. The van der Waals surface area contributed by atoms with Gasteiger partial charge in [-0.15, -0.1) is 0 Å². The van der Waals surface area contributed by atoms with Gasteiger partial charge in [0, 0.05) is 5.56 Å². The molecule has 0 N–H and O–H groups in total. The Bertz CT molecular complexity index is 611. The molecule has 0 aliphatic carbocycles. The van der Waals surface area contributed by atoms with Crippen LogP contribution in [0.3, 0.4) is 0 Å². The van der Waals surface area contributed by atoms with Crippen LogP contribution < -0.4 is 0 Å². The van der Waals surface area contributed by atoms with Crippen molar-refractivity contribution in [3.8, 4) is 0 Å². The minimum Gasteiger partial charge on any atom is -0.403 e. The van der Waals surface area contributed by atoms with Gasteiger partial charge >= 0.3 is 0 Å². The van der Waals surface area contributed by atoms with Crippen molar-refractivity contribution in [3.63, 3.8) is 0 Å². The molecule has 4 nitrogen and oxygen atoms in total. The number of hydrogen-bond acceptors (Lipinski definition) is 3. The van der Waals surface area contributed by atoms with Crippen LogP contribution in [0.25, 0.3) is 0 Å². The van der Waals surface area contributed by atoms with Crippen molar-refractivity contribution >= 4 is 20.1 Å². The fraction of sp³-hybridized carbons (Fsp3) is 0.600. The van der Waals surface area contributed by atoms with Gasteiger partial charge in [0.1, 0.15) is 6.10 Å². The van der Waals surface area contributed by atoms with Crippen molar-refractivity contribution in [1.82, 2.24) is 4.90 Å². The van der Waals surface area contributed by atoms with Gasteiger partial charge in [0.05, 0.1) is 6.04 Å². The van der Waals surface area contributed by atoms with E-state index in [1.54, 1.807) is 12.1 Å². The Morgan fingerprint density at radius 3 is 2.04 bits per heavy atom. The van der Waals surface area contributed by atoms with Crippen molar-refractivity contribution in [1.29, 1.82) is 0 Å². The van der Waals surface area contributed by atoms with Crippen LogP contribution in [0.2, 0.25) is 18.1 Å². The van der Waals surface area contributed by atoms with Crippen molar-refractivity contribution in [2.24, 2.45) is 5.41 Å². The molecule has 2 rings (SSSR count). The van der Waals surface area contributed by atoms with Crippen molar-refractivity contribution in [2.75, 3.05) is 0 Å². The van der Waals surface area contributed by atoms with Crippen LogP contribution in [0.1, 0.15) is 51.9 Å². The predicted octanol–water partition coefficient (Wildman–Crippen LogP) is 4.47. The fourth-order valence-corrected chi connectivity index (χ4v) is 6.40. The first-order chi connectivity index (χ1) is 11.7. The van der Waals surface area contributed by atoms with Crippen LogP contribution in [0.15, 0.2) is 30.3 Å². The third-order valence-corrected chi connectivity index (χ3v) is 10.1. The zero-order chi connectivity index (χ0) is 18.8. The number of benzene rings is 1. The van der Waals surface area contributed by atoms with Crippen LogP contribution in [0.5, 0.6) is 0 Å². The van der Waals surface area contributed by atoms with E-state index in [-0.39, 0.29) is 23.3 Å². The van der Waals surface area contributed by atoms with Crippen molar-refractivity contribution < 1.29 is 14.0 Å². The molecule has 1 fully saturated rings. The smallest absolute Gasteiger partial charge is 0.260 e. The molecule has 1 aliphatic heterocycles. The van der Waals surface area contributed by atoms with Gasteiger partial charge in [-0.1, -0.05) is 59.7 Å². The normalized spacial score (nSPS) is 21.2. The highest BCUT2D eigenvalue weighted by atomic mass is 28.4. The molecule has 2 atom stereocenters. The van der Waals surface area contributed by atoms with Crippen LogP contribution in [0, 0.1) is 5.41 Å². The minimum atomic E-state index is -1.92. The van der Waals surface area contributed by atoms with Crippen molar-refractivity contribution in [3.05, 3.63) is 35.9 Å². The van der Waals surface area contributed by atoms with E-state index in [4.69, 9.17) is 4.43 Å². The molecule has 0 unspecified atom stereocenters. The lowest BCUT2D eigenvalue weighted by atomic mass is 9.76. The quantitative estimate of drug-likeness (QED) is 0.426. The number of hydrogen-bond donors (Lipinski definition) is 0. The first kappa shape index (κ1) is 19.9. The average molecular weight is 362 g/mol. The number of carbonyl (C=O) groups excluding carboxylic acids is 2. The van der Waals surface area contributed by atoms with E-state index in [1.807, 2.05) is 18.2 Å². The maximum Gasteiger partial charge on any atom is 0.260 e. The molecule has 1 aromatic rings. The Balaban J connectivity index is 2.30. The molecular formula is C20H31NO3Si. The number of likely N-dealkylation sites (tertiary alicyclic amines) is 1. The third kappa shape index (κ3) is 3.72. The van der Waals surface area contributed by atoms with E-state index in [0.29, 0.717) is 5.56 Å². The van der Waals surface area contributed by atoms with Gasteiger partial charge in [-0.3, -0.25) is 14.5 Å². The highest BCUT2D eigenvalue weighted by molar-refractivity contribution is 6.73. The van der Waals surface area contributed by atoms with E-state index in [2.05, 4.69) is 41.5 Å². The monoisotopic (exact) mass is 361 g/mol. The summed E-state index contributed by atoms with van der Waals surface area (Å²) in [4.78, 5) is 27.2. The number of nitrogens with zero attached hydrogens (tertiary/aromatic N) is 1. The fourth-order valence-electron chi connectivity index (χ4n) is 3.63. The Hall–Kier alpha value is -1.46. The van der Waals surface area contributed by atoms with Gasteiger partial charge in [-0.25, -0.2) is 0 Å². The topological polar surface area (TPSA) is 46.6 Å². The van der Waals surface area contributed by atoms with Crippen LogP contribution in [-0.2, 0) is 9.22 Å². The second kappa shape index (κ2) is 7.42. The Labute approximate surface area is 152 Å². The molecule has 0 saturated carbocycles. The Morgan fingerprint density at radius 1 is 1.08 bits per heavy atom. The molecule has 1 saturated heterocycles. The highest BCUT2D eigenvalue weighted by Gasteiger charge is 2.58. The number of imide groups is 1. The second-order valence-corrected chi connectivity index (χ2v) is 12.7. The molecule has 0 radical (unpaired) electrons. The van der Waals surface area contributed by atoms with E-state index in [0.717, 1.165) is 18.1 Å². The van der Waals surface area contributed by atoms with Gasteiger partial charge in [0.2, 0.25) is 0 Å². The van der Waals surface area contributed by atoms with Gasteiger partial charge in [0.15, 0.2) is 8.32 Å². The maximum atomic E-state index is 12.9. The summed E-state index contributed by atoms with van der Waals surface area (Å²) in [5, 5.41) is 0. The van der Waals surface area contributed by atoms with E-state index < -0.39 is 14.4 Å². The zero-order valence-electron chi connectivity index (χ0n) is 16.3. The molecular weight excluding hydrogens is 330 g/mol. The second-order valence-electron chi connectivity index (χ2n) is 7.97. The number of β-lactam (4-membered cyclic amide) rings is 1. The number of rotatable bonds is 6. The molecule has 1 aliphatic rings. The van der Waals surface area contributed by atoms with E-state index >= 15 is 0 Å². The van der Waals surface area contributed by atoms with E-state index in [9.17, 15) is 9.59 Å². The molecule has 1 heterocycles. The molecule has 0 bridgehead atoms. The molecule has 0 spiro atoms. The minimum absolute atomic E-state index is 0.180. The first-order valence-corrected chi connectivity index (χ1v) is 11.8. The van der Waals surface area contributed by atoms with Gasteiger partial charge in [-0.2, -0.15) is 0 Å². The van der Waals surface area contributed by atoms with Crippen LogP contribution >= 0.6 is 0 Å². The summed E-state index contributed by atoms with van der Waals surface area (Å²) in [6.45, 7) is 12.7. The SMILES string of the molecule is CC[Si](CC)(CC)O[C@@H]1C(=O)N(C(=O)c2ccccc2)[C@@H]1C(C)(C)C. The molecule has 138 valence electrons. The van der Waals surface area contributed by atoms with Gasteiger partial charge in [-0.05, 0) is 35.7 Å². The number of amides is 2. The lowest BCUT2D eigenvalue weighted by molar-refractivity contribution is -0.166. The summed E-state index contributed by atoms with van der Waals surface area (Å²) in [7, 11) is -1.92. The summed E-state index contributed by atoms with van der Waals surface area (Å²) in [5.41, 5.74) is 0.326. The number of carbonyl (C=O) groups is 2. The van der Waals surface area contributed by atoms with Crippen LogP contribution in [0.4, 0.5) is 0 Å². The molecule has 1 aromatic carbocycles. The summed E-state index contributed by atoms with van der Waals surface area (Å²) in [6.07, 6.45) is -0.487. The lowest BCUT2D eigenvalue weighted by Gasteiger charge is -2.53. The molecule has 0 aromatic heterocycles. The van der Waals surface area contributed by atoms with E-state index in [1.165, 1.54) is 4.90 Å². The maximum absolute atomic E-state index is 12.9. The van der Waals surface area contributed by atoms with Crippen LogP contribution in [-0.4, -0.2) is 37.2 Å².